The van der Waals surface area contributed by atoms with Crippen LogP contribution in [0.4, 0.5) is 0 Å². The van der Waals surface area contributed by atoms with Crippen LogP contribution in [0.25, 0.3) is 0 Å². The van der Waals surface area contributed by atoms with Gasteiger partial charge in [0.15, 0.2) is 0 Å². The van der Waals surface area contributed by atoms with Crippen molar-refractivity contribution in [1.29, 1.82) is 0 Å². The van der Waals surface area contributed by atoms with Gasteiger partial charge in [-0.3, -0.25) is 0 Å². The zero-order chi connectivity index (χ0) is 26.6. The normalized spacial score (nSPS) is 46.6. The van der Waals surface area contributed by atoms with E-state index >= 15 is 0 Å². The predicted octanol–water partition coefficient (Wildman–Crippen LogP) is 7.02. The van der Waals surface area contributed by atoms with E-state index in [0.717, 1.165) is 57.8 Å². The van der Waals surface area contributed by atoms with Gasteiger partial charge in [-0.25, -0.2) is 0 Å². The third kappa shape index (κ3) is 5.79. The number of ether oxygens (including phenoxy) is 4. The molecule has 0 bridgehead atoms. The molecule has 0 radical (unpaired) electrons. The van der Waals surface area contributed by atoms with Crippen LogP contribution in [0, 0.1) is 0 Å². The van der Waals surface area contributed by atoms with E-state index in [1.165, 1.54) is 5.57 Å². The van der Waals surface area contributed by atoms with E-state index in [1.807, 2.05) is 6.92 Å². The van der Waals surface area contributed by atoms with Crippen molar-refractivity contribution in [3.63, 3.8) is 0 Å². The maximum absolute atomic E-state index is 11.2. The van der Waals surface area contributed by atoms with Gasteiger partial charge in [-0.2, -0.15) is 0 Å². The molecule has 0 aromatic carbocycles. The minimum atomic E-state index is -0.830. The van der Waals surface area contributed by atoms with E-state index in [9.17, 15) is 5.11 Å². The Bertz CT molecular complexity index is 822. The second-order valence-corrected chi connectivity index (χ2v) is 14.9. The van der Waals surface area contributed by atoms with Crippen LogP contribution in [0.3, 0.4) is 0 Å². The summed E-state index contributed by atoms with van der Waals surface area (Å²) in [6.45, 7) is 17.2. The molecule has 0 spiro atoms. The lowest BCUT2D eigenvalue weighted by molar-refractivity contribution is -0.304. The number of alkyl halides is 1. The molecule has 0 amide bonds. The van der Waals surface area contributed by atoms with Crippen LogP contribution in [0.15, 0.2) is 11.6 Å². The molecule has 0 saturated carbocycles. The summed E-state index contributed by atoms with van der Waals surface area (Å²) in [6, 6.07) is 0. The highest BCUT2D eigenvalue weighted by Crippen LogP contribution is 2.50. The van der Waals surface area contributed by atoms with Crippen LogP contribution >= 0.6 is 15.9 Å². The topological polar surface area (TPSA) is 57.2 Å². The predicted molar refractivity (Wildman–Crippen MR) is 148 cm³/mol. The van der Waals surface area contributed by atoms with Crippen molar-refractivity contribution in [2.75, 3.05) is 0 Å². The summed E-state index contributed by atoms with van der Waals surface area (Å²) in [5.41, 5.74) is -0.695. The Hall–Kier alpha value is 0.0200. The van der Waals surface area contributed by atoms with E-state index in [4.69, 9.17) is 18.9 Å². The summed E-state index contributed by atoms with van der Waals surface area (Å²) in [4.78, 5) is 0.370. The van der Waals surface area contributed by atoms with Crippen LogP contribution in [0.1, 0.15) is 120 Å². The molecule has 0 aromatic heterocycles. The summed E-state index contributed by atoms with van der Waals surface area (Å²) in [5, 5.41) is 11.2. The van der Waals surface area contributed by atoms with E-state index in [2.05, 4.69) is 70.5 Å². The standard InChI is InChI=1S/C30H51BrO5/c1-20(2)10-9-16-27(5,32)22-14-18-29(7,34-22)25-12-11-23-28(6,35-25)19-15-24(33-23)30(8)17-13-21(31)26(3,4)36-30/h10,21-25,32H,9,11-19H2,1-8H3. The average Bonchev–Trinajstić information content (AvgIpc) is 3.19. The smallest absolute Gasteiger partial charge is 0.0923 e. The first-order valence-corrected chi connectivity index (χ1v) is 15.2. The highest BCUT2D eigenvalue weighted by Gasteiger charge is 2.57. The molecule has 9 unspecified atom stereocenters. The minimum absolute atomic E-state index is 0.0205. The molecule has 6 heteroatoms. The molecule has 4 fully saturated rings. The van der Waals surface area contributed by atoms with Gasteiger partial charge in [0, 0.05) is 4.83 Å². The molecule has 36 heavy (non-hydrogen) atoms. The summed E-state index contributed by atoms with van der Waals surface area (Å²) < 4.78 is 27.0. The molecule has 4 aliphatic heterocycles. The fourth-order valence-corrected chi connectivity index (χ4v) is 7.44. The van der Waals surface area contributed by atoms with E-state index < -0.39 is 5.60 Å². The molecule has 1 N–H and O–H groups in total. The molecule has 0 aliphatic carbocycles. The fourth-order valence-electron chi connectivity index (χ4n) is 7.12. The zero-order valence-corrected chi connectivity index (χ0v) is 25.6. The molecule has 4 aliphatic rings. The van der Waals surface area contributed by atoms with Crippen molar-refractivity contribution in [2.24, 2.45) is 0 Å². The van der Waals surface area contributed by atoms with Crippen LogP contribution in [0.2, 0.25) is 0 Å². The maximum Gasteiger partial charge on any atom is 0.0923 e. The van der Waals surface area contributed by atoms with Gasteiger partial charge in [0.2, 0.25) is 0 Å². The van der Waals surface area contributed by atoms with Crippen molar-refractivity contribution in [3.05, 3.63) is 11.6 Å². The molecule has 4 saturated heterocycles. The minimum Gasteiger partial charge on any atom is -0.387 e. The number of fused-ring (bicyclic) bond motifs is 1. The van der Waals surface area contributed by atoms with Crippen LogP contribution in [-0.2, 0) is 18.9 Å². The zero-order valence-electron chi connectivity index (χ0n) is 24.0. The van der Waals surface area contributed by atoms with Gasteiger partial charge >= 0.3 is 0 Å². The quantitative estimate of drug-likeness (QED) is 0.274. The average molecular weight is 572 g/mol. The van der Waals surface area contributed by atoms with E-state index in [-0.39, 0.29) is 46.8 Å². The fraction of sp³-hybridized carbons (Fsp3) is 0.933. The Morgan fingerprint density at radius 1 is 0.861 bits per heavy atom. The Balaban J connectivity index is 1.37. The first kappa shape index (κ1) is 29.0. The van der Waals surface area contributed by atoms with Crippen molar-refractivity contribution in [2.45, 2.75) is 177 Å². The Kier molecular flexibility index (Phi) is 8.22. The van der Waals surface area contributed by atoms with Crippen molar-refractivity contribution < 1.29 is 24.1 Å². The lowest BCUT2D eigenvalue weighted by Gasteiger charge is -2.56. The first-order valence-electron chi connectivity index (χ1n) is 14.3. The number of aliphatic hydroxyl groups is 1. The third-order valence-electron chi connectivity index (χ3n) is 9.73. The molecule has 5 nitrogen and oxygen atoms in total. The SMILES string of the molecule is CC(C)=CCCC(C)(O)C1CCC(C)(C2CCC3OC(C4(C)CCC(Br)C(C)(C)O4)CCC3(C)O2)O1. The Morgan fingerprint density at radius 2 is 1.44 bits per heavy atom. The Morgan fingerprint density at radius 3 is 2.11 bits per heavy atom. The van der Waals surface area contributed by atoms with Gasteiger partial charge < -0.3 is 24.1 Å². The van der Waals surface area contributed by atoms with Crippen LogP contribution in [-0.4, -0.2) is 62.4 Å². The number of hydrogen-bond acceptors (Lipinski definition) is 5. The molecule has 4 heterocycles. The molecule has 208 valence electrons. The van der Waals surface area contributed by atoms with E-state index in [1.54, 1.807) is 0 Å². The number of halogens is 1. The molecule has 4 rings (SSSR count). The third-order valence-corrected chi connectivity index (χ3v) is 11.3. The van der Waals surface area contributed by atoms with Gasteiger partial charge in [-0.1, -0.05) is 27.6 Å². The lowest BCUT2D eigenvalue weighted by atomic mass is 9.75. The first-order chi connectivity index (χ1) is 16.6. The van der Waals surface area contributed by atoms with E-state index in [0.29, 0.717) is 11.2 Å². The summed E-state index contributed by atoms with van der Waals surface area (Å²) >= 11 is 3.81. The molecular weight excluding hydrogens is 520 g/mol. The monoisotopic (exact) mass is 570 g/mol. The van der Waals surface area contributed by atoms with Crippen LogP contribution in [0.5, 0.6) is 0 Å². The van der Waals surface area contributed by atoms with Crippen LogP contribution < -0.4 is 0 Å². The number of hydrogen-bond donors (Lipinski definition) is 1. The van der Waals surface area contributed by atoms with Crippen molar-refractivity contribution >= 4 is 15.9 Å². The molecule has 0 aromatic rings. The van der Waals surface area contributed by atoms with Crippen molar-refractivity contribution in [3.8, 4) is 0 Å². The second-order valence-electron chi connectivity index (χ2n) is 13.8. The summed E-state index contributed by atoms with van der Waals surface area (Å²) in [5.74, 6) is 0. The van der Waals surface area contributed by atoms with Gasteiger partial charge in [-0.15, -0.1) is 0 Å². The number of rotatable bonds is 6. The lowest BCUT2D eigenvalue weighted by Crippen LogP contribution is -2.63. The van der Waals surface area contributed by atoms with Gasteiger partial charge in [0.05, 0.1) is 52.4 Å². The van der Waals surface area contributed by atoms with Gasteiger partial charge in [0.25, 0.3) is 0 Å². The van der Waals surface area contributed by atoms with Gasteiger partial charge in [0.1, 0.15) is 0 Å². The molecular formula is C30H51BrO5. The Labute approximate surface area is 228 Å². The highest BCUT2D eigenvalue weighted by atomic mass is 79.9. The maximum atomic E-state index is 11.2. The molecule has 9 atom stereocenters. The summed E-state index contributed by atoms with van der Waals surface area (Å²) in [6.07, 6.45) is 11.5. The van der Waals surface area contributed by atoms with Crippen molar-refractivity contribution in [1.82, 2.24) is 0 Å². The largest absolute Gasteiger partial charge is 0.387 e. The number of allylic oxidation sites excluding steroid dienone is 2. The highest BCUT2D eigenvalue weighted by molar-refractivity contribution is 9.09. The summed E-state index contributed by atoms with van der Waals surface area (Å²) in [7, 11) is 0. The van der Waals surface area contributed by atoms with Gasteiger partial charge in [-0.05, 0) is 120 Å². The second kappa shape index (κ2) is 10.2.